The maximum absolute atomic E-state index is 2.40. The van der Waals surface area contributed by atoms with E-state index in [2.05, 4.69) is 79.5 Å². The number of fused-ring (bicyclic) bond motifs is 2. The minimum absolute atomic E-state index is 0.355. The first-order chi connectivity index (χ1) is 10.3. The topological polar surface area (TPSA) is 3.24 Å². The molecule has 0 N–H and O–H groups in total. The third-order valence-corrected chi connectivity index (χ3v) is 5.65. The van der Waals surface area contributed by atoms with Gasteiger partial charge in [-0.3, -0.25) is 0 Å². The molecule has 3 aromatic rings. The van der Waals surface area contributed by atoms with E-state index in [-0.39, 0.29) is 0 Å². The van der Waals surface area contributed by atoms with Crippen molar-refractivity contribution in [3.8, 4) is 0 Å². The van der Waals surface area contributed by atoms with Crippen molar-refractivity contribution >= 4 is 28.2 Å². The van der Waals surface area contributed by atoms with Gasteiger partial charge in [0.1, 0.15) is 5.37 Å². The first-order valence-electron chi connectivity index (χ1n) is 7.22. The highest BCUT2D eigenvalue weighted by Crippen LogP contribution is 2.52. The minimum Gasteiger partial charge on any atom is -0.357 e. The minimum atomic E-state index is 0.355. The average Bonchev–Trinajstić information content (AvgIpc) is 2.84. The second-order valence-electron chi connectivity index (χ2n) is 5.57. The van der Waals surface area contributed by atoms with Gasteiger partial charge in [0.2, 0.25) is 0 Å². The molecular formula is C19H17NS. The third-order valence-electron chi connectivity index (χ3n) is 4.27. The lowest BCUT2D eigenvalue weighted by Gasteiger charge is -2.25. The highest BCUT2D eigenvalue weighted by molar-refractivity contribution is 8.00. The predicted molar refractivity (Wildman–Crippen MR) is 92.1 cm³/mol. The molecule has 1 unspecified atom stereocenters. The molecule has 21 heavy (non-hydrogen) atoms. The van der Waals surface area contributed by atoms with Gasteiger partial charge in [0.05, 0.1) is 5.69 Å². The predicted octanol–water partition coefficient (Wildman–Crippen LogP) is 5.39. The van der Waals surface area contributed by atoms with Crippen LogP contribution in [-0.4, -0.2) is 7.05 Å². The number of thioether (sulfide) groups is 1. The first-order valence-corrected chi connectivity index (χ1v) is 8.10. The maximum Gasteiger partial charge on any atom is 0.106 e. The SMILES string of the molecule is Cc1ccc2ccccc2c1C1Sc2ccccc2N1C. The normalized spacial score (nSPS) is 17.2. The van der Waals surface area contributed by atoms with Crippen molar-refractivity contribution in [3.63, 3.8) is 0 Å². The summed E-state index contributed by atoms with van der Waals surface area (Å²) in [5.41, 5.74) is 4.14. The van der Waals surface area contributed by atoms with Crippen LogP contribution in [0.25, 0.3) is 10.8 Å². The van der Waals surface area contributed by atoms with Crippen molar-refractivity contribution in [2.75, 3.05) is 11.9 Å². The van der Waals surface area contributed by atoms with E-state index < -0.39 is 0 Å². The number of hydrogen-bond acceptors (Lipinski definition) is 2. The Hall–Kier alpha value is -1.93. The van der Waals surface area contributed by atoms with Crippen LogP contribution in [0, 0.1) is 6.92 Å². The summed E-state index contributed by atoms with van der Waals surface area (Å²) in [7, 11) is 2.20. The molecule has 1 aliphatic rings. The van der Waals surface area contributed by atoms with E-state index in [4.69, 9.17) is 0 Å². The summed E-state index contributed by atoms with van der Waals surface area (Å²) in [4.78, 5) is 3.77. The van der Waals surface area contributed by atoms with E-state index in [0.29, 0.717) is 5.37 Å². The van der Waals surface area contributed by atoms with Crippen molar-refractivity contribution in [2.45, 2.75) is 17.2 Å². The molecule has 0 aromatic heterocycles. The number of benzene rings is 3. The van der Waals surface area contributed by atoms with Gasteiger partial charge < -0.3 is 4.90 Å². The quantitative estimate of drug-likeness (QED) is 0.591. The van der Waals surface area contributed by atoms with Crippen LogP contribution in [0.4, 0.5) is 5.69 Å². The Morgan fingerprint density at radius 1 is 0.905 bits per heavy atom. The maximum atomic E-state index is 2.40. The molecule has 0 saturated heterocycles. The number of para-hydroxylation sites is 1. The highest BCUT2D eigenvalue weighted by Gasteiger charge is 2.30. The fourth-order valence-corrected chi connectivity index (χ4v) is 4.59. The summed E-state index contributed by atoms with van der Waals surface area (Å²) in [6.45, 7) is 2.22. The molecule has 0 spiro atoms. The molecule has 1 atom stereocenters. The molecule has 0 amide bonds. The smallest absolute Gasteiger partial charge is 0.106 e. The number of anilines is 1. The lowest BCUT2D eigenvalue weighted by Crippen LogP contribution is -2.18. The van der Waals surface area contributed by atoms with E-state index >= 15 is 0 Å². The molecule has 0 saturated carbocycles. The largest absolute Gasteiger partial charge is 0.357 e. The Labute approximate surface area is 129 Å². The van der Waals surface area contributed by atoms with Gasteiger partial charge in [-0.15, -0.1) is 0 Å². The summed E-state index contributed by atoms with van der Waals surface area (Å²) in [6, 6.07) is 21.8. The number of aryl methyl sites for hydroxylation is 1. The molecule has 1 nitrogen and oxygen atoms in total. The fourth-order valence-electron chi connectivity index (χ4n) is 3.16. The van der Waals surface area contributed by atoms with Gasteiger partial charge in [-0.25, -0.2) is 0 Å². The van der Waals surface area contributed by atoms with Crippen molar-refractivity contribution in [2.24, 2.45) is 0 Å². The highest BCUT2D eigenvalue weighted by atomic mass is 32.2. The van der Waals surface area contributed by atoms with Crippen LogP contribution in [0.2, 0.25) is 0 Å². The monoisotopic (exact) mass is 291 g/mol. The molecule has 1 aliphatic heterocycles. The van der Waals surface area contributed by atoms with Gasteiger partial charge in [-0.2, -0.15) is 0 Å². The van der Waals surface area contributed by atoms with Crippen LogP contribution in [0.3, 0.4) is 0 Å². The first kappa shape index (κ1) is 12.8. The standard InChI is InChI=1S/C19H17NS/c1-13-11-12-14-7-3-4-8-15(14)18(13)19-20(2)16-9-5-6-10-17(16)21-19/h3-12,19H,1-2H3. The van der Waals surface area contributed by atoms with Gasteiger partial charge in [0, 0.05) is 11.9 Å². The second-order valence-corrected chi connectivity index (χ2v) is 6.69. The number of hydrogen-bond donors (Lipinski definition) is 0. The van der Waals surface area contributed by atoms with Gasteiger partial charge in [0.25, 0.3) is 0 Å². The van der Waals surface area contributed by atoms with Gasteiger partial charge >= 0.3 is 0 Å². The van der Waals surface area contributed by atoms with Crippen LogP contribution < -0.4 is 4.90 Å². The zero-order chi connectivity index (χ0) is 14.4. The van der Waals surface area contributed by atoms with E-state index in [1.807, 2.05) is 11.8 Å². The van der Waals surface area contributed by atoms with Crippen molar-refractivity contribution in [1.82, 2.24) is 0 Å². The summed E-state index contributed by atoms with van der Waals surface area (Å²) < 4.78 is 0. The van der Waals surface area contributed by atoms with Gasteiger partial charge in [-0.05, 0) is 41.0 Å². The molecule has 1 heterocycles. The molecule has 2 heteroatoms. The summed E-state index contributed by atoms with van der Waals surface area (Å²) >= 11 is 1.95. The molecule has 0 fully saturated rings. The van der Waals surface area contributed by atoms with Gasteiger partial charge in [0.15, 0.2) is 0 Å². The van der Waals surface area contributed by atoms with Gasteiger partial charge in [-0.1, -0.05) is 60.3 Å². The molecule has 4 rings (SSSR count). The zero-order valence-corrected chi connectivity index (χ0v) is 13.0. The number of nitrogens with zero attached hydrogens (tertiary/aromatic N) is 1. The Balaban J connectivity index is 1.91. The van der Waals surface area contributed by atoms with Crippen LogP contribution >= 0.6 is 11.8 Å². The summed E-state index contributed by atoms with van der Waals surface area (Å²) in [5, 5.41) is 3.05. The zero-order valence-electron chi connectivity index (χ0n) is 12.2. The molecule has 104 valence electrons. The Morgan fingerprint density at radius 3 is 2.52 bits per heavy atom. The lowest BCUT2D eigenvalue weighted by atomic mass is 9.99. The van der Waals surface area contributed by atoms with E-state index in [1.54, 1.807) is 0 Å². The Kier molecular flexibility index (Phi) is 2.93. The summed E-state index contributed by atoms with van der Waals surface area (Å²) in [5.74, 6) is 0. The van der Waals surface area contributed by atoms with Crippen molar-refractivity contribution in [3.05, 3.63) is 71.8 Å². The van der Waals surface area contributed by atoms with Crippen molar-refractivity contribution < 1.29 is 0 Å². The lowest BCUT2D eigenvalue weighted by molar-refractivity contribution is 0.913. The molecule has 3 aromatic carbocycles. The average molecular weight is 291 g/mol. The second kappa shape index (κ2) is 4.81. The molecule has 0 radical (unpaired) electrons. The van der Waals surface area contributed by atoms with Crippen LogP contribution in [0.15, 0.2) is 65.6 Å². The molecule has 0 bridgehead atoms. The molecule has 0 aliphatic carbocycles. The Bertz CT molecular complexity index is 825. The van der Waals surface area contributed by atoms with E-state index in [1.165, 1.54) is 32.5 Å². The fraction of sp³-hybridized carbons (Fsp3) is 0.158. The molecular weight excluding hydrogens is 274 g/mol. The van der Waals surface area contributed by atoms with Crippen LogP contribution in [-0.2, 0) is 0 Å². The van der Waals surface area contributed by atoms with E-state index in [0.717, 1.165) is 0 Å². The third kappa shape index (κ3) is 1.94. The number of rotatable bonds is 1. The van der Waals surface area contributed by atoms with E-state index in [9.17, 15) is 0 Å². The van der Waals surface area contributed by atoms with Crippen LogP contribution in [0.1, 0.15) is 16.5 Å². The van der Waals surface area contributed by atoms with Crippen molar-refractivity contribution in [1.29, 1.82) is 0 Å². The Morgan fingerprint density at radius 2 is 1.67 bits per heavy atom. The summed E-state index contributed by atoms with van der Waals surface area (Å²) in [6.07, 6.45) is 0. The van der Waals surface area contributed by atoms with Crippen LogP contribution in [0.5, 0.6) is 0 Å².